The summed E-state index contributed by atoms with van der Waals surface area (Å²) in [6.45, 7) is 3.61. The fourth-order valence-electron chi connectivity index (χ4n) is 3.13. The second-order valence-corrected chi connectivity index (χ2v) is 6.33. The van der Waals surface area contributed by atoms with Crippen molar-refractivity contribution in [1.82, 2.24) is 10.2 Å². The van der Waals surface area contributed by atoms with E-state index >= 15 is 0 Å². The Balaban J connectivity index is 1.68. The summed E-state index contributed by atoms with van der Waals surface area (Å²) >= 11 is 0. The van der Waals surface area contributed by atoms with E-state index < -0.39 is 0 Å². The molecule has 2 amide bonds. The standard InChI is InChI=1S/C20H24N2O4/c1-2-16(21-20(24)18-10-7-13-25-18)15-8-3-4-9-17(15)26-14-19(23)22-11-5-6-12-22/h3-4,7-10,13,16H,2,5-6,11-12,14H2,1H3,(H,21,24)/t16-/m0/s1. The molecule has 1 N–H and O–H groups in total. The molecule has 0 unspecified atom stereocenters. The van der Waals surface area contributed by atoms with Crippen LogP contribution >= 0.6 is 0 Å². The van der Waals surface area contributed by atoms with Crippen molar-refractivity contribution < 1.29 is 18.7 Å². The Morgan fingerprint density at radius 3 is 2.65 bits per heavy atom. The van der Waals surface area contributed by atoms with E-state index in [-0.39, 0.29) is 30.2 Å². The molecule has 2 aromatic rings. The second-order valence-electron chi connectivity index (χ2n) is 6.33. The molecule has 0 bridgehead atoms. The summed E-state index contributed by atoms with van der Waals surface area (Å²) in [5.41, 5.74) is 0.851. The SMILES string of the molecule is CC[C@H](NC(=O)c1ccco1)c1ccccc1OCC(=O)N1CCCC1. The number of rotatable bonds is 7. The molecule has 1 saturated heterocycles. The number of carbonyl (C=O) groups is 2. The number of amides is 2. The summed E-state index contributed by atoms with van der Waals surface area (Å²) in [6, 6.07) is 10.6. The molecule has 6 heteroatoms. The number of ether oxygens (including phenoxy) is 1. The van der Waals surface area contributed by atoms with E-state index in [1.165, 1.54) is 6.26 Å². The van der Waals surface area contributed by atoms with Gasteiger partial charge >= 0.3 is 0 Å². The highest BCUT2D eigenvalue weighted by atomic mass is 16.5. The largest absolute Gasteiger partial charge is 0.483 e. The predicted molar refractivity (Wildman–Crippen MR) is 97.0 cm³/mol. The fraction of sp³-hybridized carbons (Fsp3) is 0.400. The molecule has 1 atom stereocenters. The van der Waals surface area contributed by atoms with Crippen molar-refractivity contribution in [1.29, 1.82) is 0 Å². The van der Waals surface area contributed by atoms with Gasteiger partial charge in [0, 0.05) is 18.7 Å². The topological polar surface area (TPSA) is 71.8 Å². The van der Waals surface area contributed by atoms with Gasteiger partial charge in [-0.05, 0) is 37.5 Å². The number of nitrogens with one attached hydrogen (secondary N) is 1. The van der Waals surface area contributed by atoms with Crippen LogP contribution in [0.3, 0.4) is 0 Å². The first-order chi connectivity index (χ1) is 12.7. The average molecular weight is 356 g/mol. The zero-order valence-electron chi connectivity index (χ0n) is 14.9. The van der Waals surface area contributed by atoms with Crippen LogP contribution in [-0.4, -0.2) is 36.4 Å². The van der Waals surface area contributed by atoms with E-state index in [0.717, 1.165) is 31.5 Å². The predicted octanol–water partition coefficient (Wildman–Crippen LogP) is 3.16. The van der Waals surface area contributed by atoms with E-state index in [0.29, 0.717) is 12.2 Å². The van der Waals surface area contributed by atoms with Gasteiger partial charge in [-0.25, -0.2) is 0 Å². The van der Waals surface area contributed by atoms with Crippen molar-refractivity contribution >= 4 is 11.8 Å². The molecule has 1 aromatic carbocycles. The monoisotopic (exact) mass is 356 g/mol. The van der Waals surface area contributed by atoms with Crippen LogP contribution in [0.4, 0.5) is 0 Å². The number of hydrogen-bond donors (Lipinski definition) is 1. The van der Waals surface area contributed by atoms with Gasteiger partial charge in [0.25, 0.3) is 11.8 Å². The molecule has 1 fully saturated rings. The lowest BCUT2D eigenvalue weighted by molar-refractivity contribution is -0.132. The van der Waals surface area contributed by atoms with Gasteiger partial charge in [-0.1, -0.05) is 25.1 Å². The first-order valence-electron chi connectivity index (χ1n) is 9.03. The number of nitrogens with zero attached hydrogens (tertiary/aromatic N) is 1. The van der Waals surface area contributed by atoms with Crippen molar-refractivity contribution in [3.05, 3.63) is 54.0 Å². The van der Waals surface area contributed by atoms with Gasteiger partial charge in [0.2, 0.25) is 0 Å². The van der Waals surface area contributed by atoms with Crippen LogP contribution in [0.1, 0.15) is 48.3 Å². The smallest absolute Gasteiger partial charge is 0.287 e. The third-order valence-electron chi connectivity index (χ3n) is 4.56. The highest BCUT2D eigenvalue weighted by Crippen LogP contribution is 2.27. The van der Waals surface area contributed by atoms with Crippen LogP contribution in [0.5, 0.6) is 5.75 Å². The van der Waals surface area contributed by atoms with Gasteiger partial charge in [0.15, 0.2) is 12.4 Å². The molecule has 1 aliphatic rings. The average Bonchev–Trinajstić information content (AvgIpc) is 3.38. The zero-order valence-corrected chi connectivity index (χ0v) is 14.9. The molecule has 0 aliphatic carbocycles. The first kappa shape index (κ1) is 18.0. The maximum Gasteiger partial charge on any atom is 0.287 e. The van der Waals surface area contributed by atoms with E-state index in [1.54, 1.807) is 12.1 Å². The Labute approximate surface area is 153 Å². The molecule has 0 spiro atoms. The van der Waals surface area contributed by atoms with Crippen molar-refractivity contribution in [2.75, 3.05) is 19.7 Å². The Hall–Kier alpha value is -2.76. The van der Waals surface area contributed by atoms with Crippen LogP contribution in [0, 0.1) is 0 Å². The van der Waals surface area contributed by atoms with E-state index in [9.17, 15) is 9.59 Å². The lowest BCUT2D eigenvalue weighted by atomic mass is 10.0. The van der Waals surface area contributed by atoms with E-state index in [4.69, 9.17) is 9.15 Å². The van der Waals surface area contributed by atoms with Crippen molar-refractivity contribution in [3.8, 4) is 5.75 Å². The molecular weight excluding hydrogens is 332 g/mol. The van der Waals surface area contributed by atoms with Crippen LogP contribution in [0.25, 0.3) is 0 Å². The fourth-order valence-corrected chi connectivity index (χ4v) is 3.13. The Kier molecular flexibility index (Phi) is 5.94. The molecule has 3 rings (SSSR count). The summed E-state index contributed by atoms with van der Waals surface area (Å²) < 4.78 is 10.9. The van der Waals surface area contributed by atoms with Crippen LogP contribution in [-0.2, 0) is 4.79 Å². The molecular formula is C20H24N2O4. The summed E-state index contributed by atoms with van der Waals surface area (Å²) in [7, 11) is 0. The van der Waals surface area contributed by atoms with Crippen LogP contribution in [0.2, 0.25) is 0 Å². The van der Waals surface area contributed by atoms with Crippen molar-refractivity contribution in [2.45, 2.75) is 32.2 Å². The summed E-state index contributed by atoms with van der Waals surface area (Å²) in [6.07, 6.45) is 4.27. The quantitative estimate of drug-likeness (QED) is 0.827. The lowest BCUT2D eigenvalue weighted by Gasteiger charge is -2.21. The maximum atomic E-state index is 12.3. The van der Waals surface area contributed by atoms with Gasteiger partial charge in [-0.15, -0.1) is 0 Å². The number of benzene rings is 1. The van der Waals surface area contributed by atoms with Crippen molar-refractivity contribution in [3.63, 3.8) is 0 Å². The van der Waals surface area contributed by atoms with E-state index in [1.807, 2.05) is 36.1 Å². The maximum absolute atomic E-state index is 12.3. The minimum atomic E-state index is -0.273. The minimum Gasteiger partial charge on any atom is -0.483 e. The Morgan fingerprint density at radius 1 is 1.19 bits per heavy atom. The molecule has 0 radical (unpaired) electrons. The van der Waals surface area contributed by atoms with Gasteiger partial charge in [-0.3, -0.25) is 9.59 Å². The molecule has 1 aliphatic heterocycles. The summed E-state index contributed by atoms with van der Waals surface area (Å²) in [4.78, 5) is 26.3. The number of para-hydroxylation sites is 1. The van der Waals surface area contributed by atoms with Gasteiger partial charge in [0.05, 0.1) is 12.3 Å². The van der Waals surface area contributed by atoms with Crippen molar-refractivity contribution in [2.24, 2.45) is 0 Å². The first-order valence-corrected chi connectivity index (χ1v) is 9.03. The van der Waals surface area contributed by atoms with Gasteiger partial charge < -0.3 is 19.4 Å². The Bertz CT molecular complexity index is 736. The second kappa shape index (κ2) is 8.56. The number of carbonyl (C=O) groups excluding carboxylic acids is 2. The van der Waals surface area contributed by atoms with Gasteiger partial charge in [0.1, 0.15) is 5.75 Å². The Morgan fingerprint density at radius 2 is 1.96 bits per heavy atom. The van der Waals surface area contributed by atoms with E-state index in [2.05, 4.69) is 5.32 Å². The third-order valence-corrected chi connectivity index (χ3v) is 4.56. The zero-order chi connectivity index (χ0) is 18.4. The van der Waals surface area contributed by atoms with Crippen LogP contribution in [0.15, 0.2) is 47.1 Å². The number of likely N-dealkylation sites (tertiary alicyclic amines) is 1. The molecule has 0 saturated carbocycles. The molecule has 2 heterocycles. The van der Waals surface area contributed by atoms with Crippen LogP contribution < -0.4 is 10.1 Å². The molecule has 26 heavy (non-hydrogen) atoms. The number of furan rings is 1. The highest BCUT2D eigenvalue weighted by Gasteiger charge is 2.21. The summed E-state index contributed by atoms with van der Waals surface area (Å²) in [5, 5.41) is 2.96. The van der Waals surface area contributed by atoms with Gasteiger partial charge in [-0.2, -0.15) is 0 Å². The highest BCUT2D eigenvalue weighted by molar-refractivity contribution is 5.91. The lowest BCUT2D eigenvalue weighted by Crippen LogP contribution is -2.32. The third kappa shape index (κ3) is 4.25. The molecule has 1 aromatic heterocycles. The minimum absolute atomic E-state index is 0.00460. The molecule has 138 valence electrons. The number of hydrogen-bond acceptors (Lipinski definition) is 4. The molecule has 6 nitrogen and oxygen atoms in total. The normalized spacial score (nSPS) is 14.9. The summed E-state index contributed by atoms with van der Waals surface area (Å²) in [5.74, 6) is 0.618.